The summed E-state index contributed by atoms with van der Waals surface area (Å²) in [6, 6.07) is 0. The normalized spacial score (nSPS) is 12.1. The van der Waals surface area contributed by atoms with Gasteiger partial charge in [0.25, 0.3) is 0 Å². The Morgan fingerprint density at radius 3 is 0.642 bits per heavy atom. The monoisotopic (exact) mass is 947 g/mol. The van der Waals surface area contributed by atoms with Crippen molar-refractivity contribution in [3.63, 3.8) is 0 Å². The van der Waals surface area contributed by atoms with Gasteiger partial charge in [0.2, 0.25) is 0 Å². The van der Waals surface area contributed by atoms with Crippen molar-refractivity contribution >= 4 is 17.9 Å². The zero-order valence-corrected chi connectivity index (χ0v) is 46.2. The summed E-state index contributed by atoms with van der Waals surface area (Å²) in [7, 11) is 0. The second-order valence-corrected chi connectivity index (χ2v) is 22.4. The van der Waals surface area contributed by atoms with Crippen molar-refractivity contribution in [2.45, 2.75) is 343 Å². The Bertz CT molecular complexity index is 1040. The van der Waals surface area contributed by atoms with Gasteiger partial charge in [0, 0.05) is 19.3 Å². The van der Waals surface area contributed by atoms with Gasteiger partial charge in [-0.2, -0.15) is 0 Å². The van der Waals surface area contributed by atoms with Gasteiger partial charge in [-0.25, -0.2) is 0 Å². The lowest BCUT2D eigenvalue weighted by Crippen LogP contribution is -2.30. The van der Waals surface area contributed by atoms with Crippen molar-refractivity contribution in [2.24, 2.45) is 17.8 Å². The molecule has 0 bridgehead atoms. The van der Waals surface area contributed by atoms with E-state index < -0.39 is 6.10 Å². The van der Waals surface area contributed by atoms with E-state index in [2.05, 4.69) is 41.5 Å². The standard InChI is InChI=1S/C61H118O6/c1-55(2)47-41-35-29-23-17-12-8-7-9-14-20-26-32-38-44-50-59(62)65-53-58(54-66-60(63)51-45-39-33-27-22-16-19-25-31-37-43-49-57(5)6)67-61(64)52-46-40-34-28-21-15-11-10-13-18-24-30-36-42-48-56(3)4/h55-58H,7-54H2,1-6H3/t58-/m1/s1. The molecule has 0 amide bonds. The van der Waals surface area contributed by atoms with Crippen molar-refractivity contribution < 1.29 is 28.6 Å². The SMILES string of the molecule is CC(C)CCCCCCCCCCCCCCCCCC(=O)OC[C@H](COC(=O)CCCCCCCCCCCCCC(C)C)OC(=O)CCCCCCCCCCCCCCCCC(C)C. The minimum Gasteiger partial charge on any atom is -0.462 e. The summed E-state index contributed by atoms with van der Waals surface area (Å²) in [6.45, 7) is 13.8. The molecule has 0 saturated carbocycles. The van der Waals surface area contributed by atoms with E-state index in [4.69, 9.17) is 14.2 Å². The van der Waals surface area contributed by atoms with Crippen LogP contribution in [0.4, 0.5) is 0 Å². The quantitative estimate of drug-likeness (QED) is 0.0343. The number of rotatable bonds is 54. The third kappa shape index (κ3) is 55.2. The van der Waals surface area contributed by atoms with E-state index in [9.17, 15) is 14.4 Å². The lowest BCUT2D eigenvalue weighted by molar-refractivity contribution is -0.167. The van der Waals surface area contributed by atoms with E-state index in [-0.39, 0.29) is 31.1 Å². The number of esters is 3. The van der Waals surface area contributed by atoms with Crippen LogP contribution in [-0.4, -0.2) is 37.2 Å². The van der Waals surface area contributed by atoms with Gasteiger partial charge in [-0.1, -0.05) is 298 Å². The molecule has 0 aliphatic carbocycles. The van der Waals surface area contributed by atoms with Gasteiger partial charge in [-0.15, -0.1) is 0 Å². The molecule has 0 aliphatic rings. The average Bonchev–Trinajstić information content (AvgIpc) is 3.29. The predicted molar refractivity (Wildman–Crippen MR) is 289 cm³/mol. The average molecular weight is 948 g/mol. The highest BCUT2D eigenvalue weighted by atomic mass is 16.6. The van der Waals surface area contributed by atoms with E-state index in [0.717, 1.165) is 75.5 Å². The van der Waals surface area contributed by atoms with E-state index in [1.807, 2.05) is 0 Å². The highest BCUT2D eigenvalue weighted by Crippen LogP contribution is 2.19. The zero-order chi connectivity index (χ0) is 49.1. The first-order valence-electron chi connectivity index (χ1n) is 30.1. The molecule has 398 valence electrons. The molecule has 6 nitrogen and oxygen atoms in total. The zero-order valence-electron chi connectivity index (χ0n) is 46.2. The Kier molecular flexibility index (Phi) is 51.0. The minimum absolute atomic E-state index is 0.0631. The second kappa shape index (κ2) is 52.2. The molecule has 0 N–H and O–H groups in total. The summed E-state index contributed by atoms with van der Waals surface area (Å²) in [5.74, 6) is 1.68. The summed E-state index contributed by atoms with van der Waals surface area (Å²) in [4.78, 5) is 38.2. The van der Waals surface area contributed by atoms with Gasteiger partial charge < -0.3 is 14.2 Å². The fraction of sp³-hybridized carbons (Fsp3) is 0.951. The van der Waals surface area contributed by atoms with Crippen molar-refractivity contribution in [1.29, 1.82) is 0 Å². The van der Waals surface area contributed by atoms with Gasteiger partial charge in [0.1, 0.15) is 13.2 Å². The van der Waals surface area contributed by atoms with Gasteiger partial charge in [-0.05, 0) is 37.0 Å². The molecule has 6 heteroatoms. The summed E-state index contributed by atoms with van der Waals surface area (Å²) in [6.07, 6.45) is 55.2. The van der Waals surface area contributed by atoms with Crippen molar-refractivity contribution in [2.75, 3.05) is 13.2 Å². The van der Waals surface area contributed by atoms with Crippen LogP contribution in [0, 0.1) is 17.8 Å². The van der Waals surface area contributed by atoms with Gasteiger partial charge in [0.15, 0.2) is 6.10 Å². The van der Waals surface area contributed by atoms with E-state index in [1.54, 1.807) is 0 Å². The highest BCUT2D eigenvalue weighted by molar-refractivity contribution is 5.71. The number of carbonyl (C=O) groups excluding carboxylic acids is 3. The van der Waals surface area contributed by atoms with Crippen molar-refractivity contribution in [1.82, 2.24) is 0 Å². The van der Waals surface area contributed by atoms with E-state index >= 15 is 0 Å². The summed E-state index contributed by atoms with van der Waals surface area (Å²) >= 11 is 0. The highest BCUT2D eigenvalue weighted by Gasteiger charge is 2.19. The summed E-state index contributed by atoms with van der Waals surface area (Å²) in [5.41, 5.74) is 0. The number of hydrogen-bond donors (Lipinski definition) is 0. The molecular weight excluding hydrogens is 829 g/mol. The Labute approximate surface area is 418 Å². The largest absolute Gasteiger partial charge is 0.462 e. The molecular formula is C61H118O6. The van der Waals surface area contributed by atoms with Crippen LogP contribution >= 0.6 is 0 Å². The maximum absolute atomic E-state index is 12.9. The van der Waals surface area contributed by atoms with Gasteiger partial charge in [-0.3, -0.25) is 14.4 Å². The van der Waals surface area contributed by atoms with Crippen LogP contribution in [0.5, 0.6) is 0 Å². The number of hydrogen-bond acceptors (Lipinski definition) is 6. The number of carbonyl (C=O) groups is 3. The molecule has 67 heavy (non-hydrogen) atoms. The molecule has 0 aromatic rings. The first-order valence-corrected chi connectivity index (χ1v) is 30.1. The Balaban J connectivity index is 4.29. The minimum atomic E-state index is -0.764. The van der Waals surface area contributed by atoms with Crippen LogP contribution in [0.1, 0.15) is 337 Å². The second-order valence-electron chi connectivity index (χ2n) is 22.4. The van der Waals surface area contributed by atoms with Crippen molar-refractivity contribution in [3.05, 3.63) is 0 Å². The maximum Gasteiger partial charge on any atom is 0.306 e. The molecule has 1 atom stereocenters. The topological polar surface area (TPSA) is 78.9 Å². The summed E-state index contributed by atoms with van der Waals surface area (Å²) < 4.78 is 16.9. The Morgan fingerprint density at radius 1 is 0.254 bits per heavy atom. The lowest BCUT2D eigenvalue weighted by atomic mass is 10.0. The molecule has 0 aromatic carbocycles. The lowest BCUT2D eigenvalue weighted by Gasteiger charge is -2.18. The van der Waals surface area contributed by atoms with Crippen LogP contribution in [0.2, 0.25) is 0 Å². The molecule has 0 aromatic heterocycles. The molecule has 0 spiro atoms. The molecule has 0 unspecified atom stereocenters. The van der Waals surface area contributed by atoms with Crippen LogP contribution < -0.4 is 0 Å². The van der Waals surface area contributed by atoms with Crippen LogP contribution in [0.15, 0.2) is 0 Å². The number of ether oxygens (including phenoxy) is 3. The van der Waals surface area contributed by atoms with Crippen LogP contribution in [0.25, 0.3) is 0 Å². The van der Waals surface area contributed by atoms with E-state index in [0.29, 0.717) is 19.3 Å². The predicted octanol–water partition coefficient (Wildman–Crippen LogP) is 19.9. The first-order chi connectivity index (χ1) is 32.6. The van der Waals surface area contributed by atoms with Gasteiger partial charge in [0.05, 0.1) is 0 Å². The Morgan fingerprint density at radius 2 is 0.433 bits per heavy atom. The van der Waals surface area contributed by atoms with Crippen molar-refractivity contribution in [3.8, 4) is 0 Å². The van der Waals surface area contributed by atoms with Crippen LogP contribution in [0.3, 0.4) is 0 Å². The third-order valence-corrected chi connectivity index (χ3v) is 13.9. The molecule has 0 saturated heterocycles. The fourth-order valence-electron chi connectivity index (χ4n) is 9.35. The molecule has 0 rings (SSSR count). The molecule has 0 aliphatic heterocycles. The third-order valence-electron chi connectivity index (χ3n) is 13.9. The smallest absolute Gasteiger partial charge is 0.306 e. The van der Waals surface area contributed by atoms with E-state index in [1.165, 1.54) is 218 Å². The fourth-order valence-corrected chi connectivity index (χ4v) is 9.35. The molecule has 0 fully saturated rings. The maximum atomic E-state index is 12.9. The van der Waals surface area contributed by atoms with Gasteiger partial charge >= 0.3 is 17.9 Å². The number of unbranched alkanes of at least 4 members (excludes halogenated alkanes) is 37. The van der Waals surface area contributed by atoms with Crippen LogP contribution in [-0.2, 0) is 28.6 Å². The molecule has 0 radical (unpaired) electrons. The summed E-state index contributed by atoms with van der Waals surface area (Å²) in [5, 5.41) is 0. The molecule has 0 heterocycles. The Hall–Kier alpha value is -1.59. The first kappa shape index (κ1) is 65.4.